The third-order valence-corrected chi connectivity index (χ3v) is 2.50. The van der Waals surface area contributed by atoms with E-state index in [-0.39, 0.29) is 0 Å². The number of aromatic nitrogens is 4. The molecule has 0 aliphatic carbocycles. The Labute approximate surface area is 80.3 Å². The number of hydrogen-bond acceptors (Lipinski definition) is 4. The summed E-state index contributed by atoms with van der Waals surface area (Å²) >= 11 is 1.64. The van der Waals surface area contributed by atoms with Gasteiger partial charge >= 0.3 is 0 Å². The molecular weight excluding hydrogens is 184 g/mol. The third-order valence-electron chi connectivity index (χ3n) is 1.73. The first kappa shape index (κ1) is 8.37. The molecule has 0 saturated heterocycles. The Morgan fingerprint density at radius 3 is 2.85 bits per heavy atom. The van der Waals surface area contributed by atoms with Crippen LogP contribution in [0.1, 0.15) is 16.7 Å². The quantitative estimate of drug-likeness (QED) is 0.725. The summed E-state index contributed by atoms with van der Waals surface area (Å²) < 4.78 is 1.87. The summed E-state index contributed by atoms with van der Waals surface area (Å²) in [4.78, 5) is 8.41. The van der Waals surface area contributed by atoms with Crippen LogP contribution in [0.25, 0.3) is 0 Å². The summed E-state index contributed by atoms with van der Waals surface area (Å²) in [6, 6.07) is 0. The molecule has 2 heterocycles. The molecule has 0 saturated carbocycles. The van der Waals surface area contributed by atoms with Crippen molar-refractivity contribution >= 4 is 11.3 Å². The number of hydrogen-bond donors (Lipinski definition) is 0. The maximum Gasteiger partial charge on any atom is 0.147 e. The Morgan fingerprint density at radius 1 is 1.46 bits per heavy atom. The highest BCUT2D eigenvalue weighted by molar-refractivity contribution is 7.09. The molecule has 0 bridgehead atoms. The lowest BCUT2D eigenvalue weighted by Crippen LogP contribution is -2.03. The molecule has 2 aromatic heterocycles. The van der Waals surface area contributed by atoms with Gasteiger partial charge in [-0.25, -0.2) is 14.6 Å². The van der Waals surface area contributed by atoms with E-state index in [0.29, 0.717) is 0 Å². The van der Waals surface area contributed by atoms with Crippen LogP contribution in [0.4, 0.5) is 0 Å². The Balaban J connectivity index is 2.23. The second-order valence-electron chi connectivity index (χ2n) is 2.79. The largest absolute Gasteiger partial charge is 0.248 e. The molecule has 68 valence electrons. The molecule has 0 aliphatic rings. The fourth-order valence-electron chi connectivity index (χ4n) is 1.17. The van der Waals surface area contributed by atoms with Gasteiger partial charge in [-0.3, -0.25) is 0 Å². The summed E-state index contributed by atoms with van der Waals surface area (Å²) in [5, 5.41) is 7.29. The summed E-state index contributed by atoms with van der Waals surface area (Å²) in [5.41, 5.74) is 0. The Bertz CT molecular complexity index is 390. The van der Waals surface area contributed by atoms with Crippen molar-refractivity contribution in [1.82, 2.24) is 19.7 Å². The predicted molar refractivity (Wildman–Crippen MR) is 50.7 cm³/mol. The van der Waals surface area contributed by atoms with Gasteiger partial charge in [0.05, 0.1) is 6.54 Å². The average molecular weight is 194 g/mol. The minimum Gasteiger partial charge on any atom is -0.248 e. The van der Waals surface area contributed by atoms with Crippen molar-refractivity contribution in [1.29, 1.82) is 0 Å². The van der Waals surface area contributed by atoms with Gasteiger partial charge in [-0.2, -0.15) is 5.10 Å². The maximum absolute atomic E-state index is 4.26. The van der Waals surface area contributed by atoms with Crippen molar-refractivity contribution in [2.45, 2.75) is 20.4 Å². The van der Waals surface area contributed by atoms with Gasteiger partial charge in [-0.15, -0.1) is 11.3 Å². The molecular formula is C8H10N4S. The second-order valence-corrected chi connectivity index (χ2v) is 3.77. The van der Waals surface area contributed by atoms with E-state index < -0.39 is 0 Å². The van der Waals surface area contributed by atoms with Crippen LogP contribution in [0.3, 0.4) is 0 Å². The van der Waals surface area contributed by atoms with E-state index in [1.165, 1.54) is 0 Å². The van der Waals surface area contributed by atoms with Crippen LogP contribution in [0.2, 0.25) is 0 Å². The lowest BCUT2D eigenvalue weighted by molar-refractivity contribution is 0.653. The van der Waals surface area contributed by atoms with Gasteiger partial charge in [-0.05, 0) is 13.8 Å². The normalized spacial score (nSPS) is 10.6. The Hall–Kier alpha value is -1.23. The minimum absolute atomic E-state index is 0.727. The van der Waals surface area contributed by atoms with Crippen molar-refractivity contribution in [2.24, 2.45) is 0 Å². The van der Waals surface area contributed by atoms with Gasteiger partial charge in [0.1, 0.15) is 16.7 Å². The summed E-state index contributed by atoms with van der Waals surface area (Å²) in [5.74, 6) is 1.75. The van der Waals surface area contributed by atoms with E-state index in [4.69, 9.17) is 0 Å². The highest BCUT2D eigenvalue weighted by atomic mass is 32.1. The van der Waals surface area contributed by atoms with Crippen LogP contribution in [0.15, 0.2) is 11.6 Å². The van der Waals surface area contributed by atoms with Crippen molar-refractivity contribution in [3.05, 3.63) is 28.2 Å². The summed E-state index contributed by atoms with van der Waals surface area (Å²) in [6.45, 7) is 4.57. The molecule has 13 heavy (non-hydrogen) atoms. The first-order valence-corrected chi connectivity index (χ1v) is 4.90. The Kier molecular flexibility index (Phi) is 2.10. The van der Waals surface area contributed by atoms with Crippen molar-refractivity contribution in [2.75, 3.05) is 0 Å². The molecule has 0 radical (unpaired) electrons. The standard InChI is InChI=1S/C8H10N4S/c1-6-10-7(2)12(11-6)5-8-9-3-4-13-8/h3-4H,5H2,1-2H3. The van der Waals surface area contributed by atoms with Gasteiger partial charge in [0.25, 0.3) is 0 Å². The van der Waals surface area contributed by atoms with Crippen molar-refractivity contribution in [3.63, 3.8) is 0 Å². The number of rotatable bonds is 2. The van der Waals surface area contributed by atoms with Crippen LogP contribution in [0.5, 0.6) is 0 Å². The molecule has 0 aliphatic heterocycles. The predicted octanol–water partition coefficient (Wildman–Crippen LogP) is 1.40. The third kappa shape index (κ3) is 1.75. The minimum atomic E-state index is 0.727. The topological polar surface area (TPSA) is 43.6 Å². The first-order chi connectivity index (χ1) is 6.25. The zero-order chi connectivity index (χ0) is 9.26. The SMILES string of the molecule is Cc1nc(C)n(Cc2nccs2)n1. The van der Waals surface area contributed by atoms with Crippen molar-refractivity contribution < 1.29 is 0 Å². The zero-order valence-electron chi connectivity index (χ0n) is 7.56. The van der Waals surface area contributed by atoms with Crippen LogP contribution in [-0.2, 0) is 6.54 Å². The first-order valence-electron chi connectivity index (χ1n) is 4.02. The van der Waals surface area contributed by atoms with E-state index in [1.54, 1.807) is 17.5 Å². The molecule has 5 heteroatoms. The van der Waals surface area contributed by atoms with E-state index in [0.717, 1.165) is 23.2 Å². The lowest BCUT2D eigenvalue weighted by atomic mass is 10.6. The zero-order valence-corrected chi connectivity index (χ0v) is 8.38. The van der Waals surface area contributed by atoms with Crippen LogP contribution >= 0.6 is 11.3 Å². The molecule has 2 aromatic rings. The van der Waals surface area contributed by atoms with E-state index in [1.807, 2.05) is 23.9 Å². The molecule has 0 atom stereocenters. The lowest BCUT2D eigenvalue weighted by Gasteiger charge is -1.97. The number of aryl methyl sites for hydroxylation is 2. The monoisotopic (exact) mass is 194 g/mol. The fourth-order valence-corrected chi connectivity index (χ4v) is 1.77. The van der Waals surface area contributed by atoms with Crippen LogP contribution < -0.4 is 0 Å². The van der Waals surface area contributed by atoms with Gasteiger partial charge < -0.3 is 0 Å². The second kappa shape index (κ2) is 3.26. The van der Waals surface area contributed by atoms with Gasteiger partial charge in [0, 0.05) is 11.6 Å². The van der Waals surface area contributed by atoms with Gasteiger partial charge in [0.15, 0.2) is 0 Å². The van der Waals surface area contributed by atoms with Crippen molar-refractivity contribution in [3.8, 4) is 0 Å². The fraction of sp³-hybridized carbons (Fsp3) is 0.375. The molecule has 0 aromatic carbocycles. The average Bonchev–Trinajstić information content (AvgIpc) is 2.63. The molecule has 0 N–H and O–H groups in total. The van der Waals surface area contributed by atoms with Crippen LogP contribution in [-0.4, -0.2) is 19.7 Å². The number of nitrogens with zero attached hydrogens (tertiary/aromatic N) is 4. The maximum atomic E-state index is 4.26. The smallest absolute Gasteiger partial charge is 0.147 e. The van der Waals surface area contributed by atoms with Gasteiger partial charge in [-0.1, -0.05) is 0 Å². The van der Waals surface area contributed by atoms with E-state index in [9.17, 15) is 0 Å². The molecule has 0 unspecified atom stereocenters. The molecule has 4 nitrogen and oxygen atoms in total. The molecule has 0 spiro atoms. The highest BCUT2D eigenvalue weighted by Gasteiger charge is 2.03. The number of thiazole rings is 1. The Morgan fingerprint density at radius 2 is 2.31 bits per heavy atom. The van der Waals surface area contributed by atoms with E-state index >= 15 is 0 Å². The van der Waals surface area contributed by atoms with E-state index in [2.05, 4.69) is 15.1 Å². The molecule has 0 amide bonds. The highest BCUT2D eigenvalue weighted by Crippen LogP contribution is 2.07. The van der Waals surface area contributed by atoms with Gasteiger partial charge in [0.2, 0.25) is 0 Å². The summed E-state index contributed by atoms with van der Waals surface area (Å²) in [6.07, 6.45) is 1.80. The molecule has 0 fully saturated rings. The van der Waals surface area contributed by atoms with Crippen LogP contribution in [0, 0.1) is 13.8 Å². The molecule has 2 rings (SSSR count). The summed E-state index contributed by atoms with van der Waals surface area (Å²) in [7, 11) is 0.